The van der Waals surface area contributed by atoms with Crippen LogP contribution in [-0.2, 0) is 6.42 Å². The molecule has 2 aliphatic rings. The Morgan fingerprint density at radius 2 is 1.83 bits per heavy atom. The molecular formula is C25H30N2O3. The number of nitrogens with one attached hydrogen (secondary N) is 1. The third-order valence-corrected chi connectivity index (χ3v) is 5.96. The molecule has 5 nitrogen and oxygen atoms in total. The first kappa shape index (κ1) is 20.5. The summed E-state index contributed by atoms with van der Waals surface area (Å²) in [7, 11) is 3.54. The van der Waals surface area contributed by atoms with E-state index >= 15 is 0 Å². The Kier molecular flexibility index (Phi) is 6.38. The fraction of sp³-hybridized carbons (Fsp3) is 0.400. The van der Waals surface area contributed by atoms with Crippen LogP contribution in [0.3, 0.4) is 0 Å². The van der Waals surface area contributed by atoms with Crippen molar-refractivity contribution in [3.05, 3.63) is 58.7 Å². The SMILES string of the molecule is CNc1ccc(/C=C2\Cc3cc(OC)c(OCCN4CCCCC4)cc3C2=O)cc1. The van der Waals surface area contributed by atoms with Crippen LogP contribution in [0.4, 0.5) is 5.69 Å². The van der Waals surface area contributed by atoms with Crippen LogP contribution in [-0.4, -0.2) is 51.1 Å². The molecule has 30 heavy (non-hydrogen) atoms. The zero-order valence-electron chi connectivity index (χ0n) is 17.9. The first-order valence-corrected chi connectivity index (χ1v) is 10.8. The van der Waals surface area contributed by atoms with Gasteiger partial charge in [-0.25, -0.2) is 0 Å². The summed E-state index contributed by atoms with van der Waals surface area (Å²) in [4.78, 5) is 15.5. The fourth-order valence-electron chi connectivity index (χ4n) is 4.22. The fourth-order valence-corrected chi connectivity index (χ4v) is 4.22. The van der Waals surface area contributed by atoms with E-state index in [1.807, 2.05) is 49.5 Å². The van der Waals surface area contributed by atoms with Crippen LogP contribution in [0.2, 0.25) is 0 Å². The predicted octanol–water partition coefficient (Wildman–Crippen LogP) is 4.42. The molecule has 0 saturated carbocycles. The van der Waals surface area contributed by atoms with E-state index in [1.165, 1.54) is 19.3 Å². The number of carbonyl (C=O) groups excluding carboxylic acids is 1. The van der Waals surface area contributed by atoms with E-state index in [1.54, 1.807) is 7.11 Å². The highest BCUT2D eigenvalue weighted by Gasteiger charge is 2.27. The minimum atomic E-state index is 0.0752. The van der Waals surface area contributed by atoms with Crippen LogP contribution < -0.4 is 14.8 Å². The molecule has 0 unspecified atom stereocenters. The van der Waals surface area contributed by atoms with Crippen LogP contribution in [0, 0.1) is 0 Å². The predicted molar refractivity (Wildman–Crippen MR) is 121 cm³/mol. The molecule has 1 aliphatic heterocycles. The third-order valence-electron chi connectivity index (χ3n) is 5.96. The average Bonchev–Trinajstić information content (AvgIpc) is 3.09. The number of allylic oxidation sites excluding steroid dienone is 1. The number of ether oxygens (including phenoxy) is 2. The van der Waals surface area contributed by atoms with Gasteiger partial charge >= 0.3 is 0 Å². The number of benzene rings is 2. The summed E-state index contributed by atoms with van der Waals surface area (Å²) in [6.45, 7) is 3.80. The van der Waals surface area contributed by atoms with Crippen LogP contribution in [0.25, 0.3) is 6.08 Å². The van der Waals surface area contributed by atoms with Crippen molar-refractivity contribution in [3.63, 3.8) is 0 Å². The summed E-state index contributed by atoms with van der Waals surface area (Å²) in [6, 6.07) is 11.9. The molecule has 0 radical (unpaired) electrons. The Balaban J connectivity index is 1.48. The Hall–Kier alpha value is -2.79. The zero-order valence-corrected chi connectivity index (χ0v) is 17.9. The van der Waals surface area contributed by atoms with Crippen LogP contribution in [0.15, 0.2) is 42.0 Å². The first-order chi connectivity index (χ1) is 14.7. The number of nitrogens with zero attached hydrogens (tertiary/aromatic N) is 1. The van der Waals surface area contributed by atoms with E-state index < -0.39 is 0 Å². The zero-order chi connectivity index (χ0) is 20.9. The smallest absolute Gasteiger partial charge is 0.189 e. The molecule has 5 heteroatoms. The highest BCUT2D eigenvalue weighted by molar-refractivity contribution is 6.15. The second kappa shape index (κ2) is 9.35. The maximum atomic E-state index is 13.0. The standard InChI is InChI=1S/C25H30N2O3/c1-26-21-8-6-18(7-9-21)14-20-15-19-16-23(29-2)24(17-22(19)25(20)28)30-13-12-27-10-4-3-5-11-27/h6-9,14,16-17,26H,3-5,10-13,15H2,1-2H3/b20-14+. The largest absolute Gasteiger partial charge is 0.493 e. The van der Waals surface area contributed by atoms with E-state index in [0.29, 0.717) is 24.5 Å². The van der Waals surface area contributed by atoms with Gasteiger partial charge in [0.05, 0.1) is 7.11 Å². The molecule has 2 aromatic rings. The molecule has 0 spiro atoms. The Morgan fingerprint density at radius 1 is 1.07 bits per heavy atom. The van der Waals surface area contributed by atoms with Gasteiger partial charge in [0.2, 0.25) is 0 Å². The van der Waals surface area contributed by atoms with Gasteiger partial charge < -0.3 is 14.8 Å². The van der Waals surface area contributed by atoms with Crippen molar-refractivity contribution in [2.75, 3.05) is 45.7 Å². The van der Waals surface area contributed by atoms with Gasteiger partial charge in [-0.1, -0.05) is 18.6 Å². The van der Waals surface area contributed by atoms with E-state index in [0.717, 1.165) is 47.6 Å². The summed E-state index contributed by atoms with van der Waals surface area (Å²) >= 11 is 0. The van der Waals surface area contributed by atoms with Crippen molar-refractivity contribution in [3.8, 4) is 11.5 Å². The third kappa shape index (κ3) is 4.51. The van der Waals surface area contributed by atoms with Crippen LogP contribution >= 0.6 is 0 Å². The lowest BCUT2D eigenvalue weighted by molar-refractivity contribution is 0.104. The second-order valence-corrected chi connectivity index (χ2v) is 7.96. The molecule has 0 atom stereocenters. The molecule has 2 aromatic carbocycles. The van der Waals surface area contributed by atoms with Gasteiger partial charge in [0.15, 0.2) is 17.3 Å². The highest BCUT2D eigenvalue weighted by Crippen LogP contribution is 2.37. The van der Waals surface area contributed by atoms with E-state index in [4.69, 9.17) is 9.47 Å². The number of piperidine rings is 1. The lowest BCUT2D eigenvalue weighted by Crippen LogP contribution is -2.33. The number of fused-ring (bicyclic) bond motifs is 1. The molecule has 0 amide bonds. The van der Waals surface area contributed by atoms with Gasteiger partial charge in [-0.05, 0) is 67.4 Å². The van der Waals surface area contributed by atoms with Crippen molar-refractivity contribution < 1.29 is 14.3 Å². The number of methoxy groups -OCH3 is 1. The Bertz CT molecular complexity index is 928. The van der Waals surface area contributed by atoms with Crippen LogP contribution in [0.1, 0.15) is 40.7 Å². The number of carbonyl (C=O) groups is 1. The molecule has 158 valence electrons. The molecular weight excluding hydrogens is 376 g/mol. The molecule has 1 fully saturated rings. The Morgan fingerprint density at radius 3 is 2.53 bits per heavy atom. The number of likely N-dealkylation sites (tertiary alicyclic amines) is 1. The van der Waals surface area contributed by atoms with Crippen LogP contribution in [0.5, 0.6) is 11.5 Å². The first-order valence-electron chi connectivity index (χ1n) is 10.8. The second-order valence-electron chi connectivity index (χ2n) is 7.96. The van der Waals surface area contributed by atoms with E-state index in [9.17, 15) is 4.79 Å². The van der Waals surface area contributed by atoms with Crippen molar-refractivity contribution in [2.24, 2.45) is 0 Å². The number of Topliss-reactive ketones (excluding diaryl/α,β-unsaturated/α-hetero) is 1. The molecule has 1 heterocycles. The minimum absolute atomic E-state index is 0.0752. The summed E-state index contributed by atoms with van der Waals surface area (Å²) in [5.41, 5.74) is 4.60. The number of ketones is 1. The quantitative estimate of drug-likeness (QED) is 0.690. The normalized spacial score (nSPS) is 17.8. The van der Waals surface area contributed by atoms with Gasteiger partial charge in [-0.2, -0.15) is 0 Å². The maximum Gasteiger partial charge on any atom is 0.189 e. The number of anilines is 1. The Labute approximate surface area is 178 Å². The van der Waals surface area contributed by atoms with Gasteiger partial charge in [-0.15, -0.1) is 0 Å². The number of hydrogen-bond acceptors (Lipinski definition) is 5. The topological polar surface area (TPSA) is 50.8 Å². The number of rotatable bonds is 7. The van der Waals surface area contributed by atoms with Crippen molar-refractivity contribution in [1.82, 2.24) is 4.90 Å². The molecule has 4 rings (SSSR count). The average molecular weight is 407 g/mol. The molecule has 0 aromatic heterocycles. The van der Waals surface area contributed by atoms with Gasteiger partial charge in [-0.3, -0.25) is 9.69 Å². The van der Waals surface area contributed by atoms with E-state index in [2.05, 4.69) is 10.2 Å². The molecule has 1 saturated heterocycles. The van der Waals surface area contributed by atoms with Gasteiger partial charge in [0.1, 0.15) is 6.61 Å². The lowest BCUT2D eigenvalue weighted by atomic mass is 10.1. The minimum Gasteiger partial charge on any atom is -0.493 e. The van der Waals surface area contributed by atoms with Gasteiger partial charge in [0, 0.05) is 36.8 Å². The summed E-state index contributed by atoms with van der Waals surface area (Å²) in [6.07, 6.45) is 6.46. The highest BCUT2D eigenvalue weighted by atomic mass is 16.5. The maximum absolute atomic E-state index is 13.0. The van der Waals surface area contributed by atoms with Crippen molar-refractivity contribution in [2.45, 2.75) is 25.7 Å². The summed E-state index contributed by atoms with van der Waals surface area (Å²) < 4.78 is 11.6. The van der Waals surface area contributed by atoms with Gasteiger partial charge in [0.25, 0.3) is 0 Å². The number of hydrogen-bond donors (Lipinski definition) is 1. The summed E-state index contributed by atoms with van der Waals surface area (Å²) in [5, 5.41) is 3.11. The molecule has 1 aliphatic carbocycles. The molecule has 1 N–H and O–H groups in total. The van der Waals surface area contributed by atoms with Crippen molar-refractivity contribution >= 4 is 17.5 Å². The monoisotopic (exact) mass is 406 g/mol. The molecule has 0 bridgehead atoms. The summed E-state index contributed by atoms with van der Waals surface area (Å²) in [5.74, 6) is 1.42. The van der Waals surface area contributed by atoms with Crippen molar-refractivity contribution in [1.29, 1.82) is 0 Å². The lowest BCUT2D eigenvalue weighted by Gasteiger charge is -2.26. The van der Waals surface area contributed by atoms with E-state index in [-0.39, 0.29) is 5.78 Å².